The van der Waals surface area contributed by atoms with Crippen molar-refractivity contribution in [2.75, 3.05) is 0 Å². The number of rotatable bonds is 0. The fraction of sp³-hybridized carbons (Fsp3) is 0.789. The Morgan fingerprint density at radius 3 is 2.46 bits per heavy atom. The fourth-order valence-corrected chi connectivity index (χ4v) is 6.25. The van der Waals surface area contributed by atoms with Crippen LogP contribution in [-0.4, -0.2) is 23.3 Å². The van der Waals surface area contributed by atoms with E-state index in [1.807, 2.05) is 0 Å². The van der Waals surface area contributed by atoms with Crippen molar-refractivity contribution in [3.63, 3.8) is 0 Å². The number of allylic oxidation sites excluding steroid dienone is 2. The summed E-state index contributed by atoms with van der Waals surface area (Å²) in [6, 6.07) is 0. The first kappa shape index (κ1) is 22.6. The summed E-state index contributed by atoms with van der Waals surface area (Å²) >= 11 is 0. The van der Waals surface area contributed by atoms with Gasteiger partial charge in [-0.05, 0) is 48.9 Å². The Bertz CT molecular complexity index is 680. The first-order valence-corrected chi connectivity index (χ1v) is 10.6. The van der Waals surface area contributed by atoms with Crippen molar-refractivity contribution in [1.82, 2.24) is 0 Å². The summed E-state index contributed by atoms with van der Waals surface area (Å²) in [7, 11) is -4.92. The number of hydrogen-bond acceptors (Lipinski definition) is 4. The van der Waals surface area contributed by atoms with Gasteiger partial charge in [0.25, 0.3) is 0 Å². The normalized spacial score (nSPS) is 41.5. The molecule has 5 nitrogen and oxygen atoms in total. The molecule has 5 atom stereocenters. The van der Waals surface area contributed by atoms with Crippen LogP contribution in [-0.2, 0) is 15.2 Å². The Balaban J connectivity index is 0.000000362. The minimum Gasteiger partial charge on any atom is -0.726 e. The standard InChI is InChI=1S/C19H27O.Na.H2O4S/c1-18-11-4-3-5-13(18)6-7-14-15-8-9-17(20)19(15,2)12-10-16(14)18;;1-5(2,3)4/h3,6,14-16H,4-5,7-12H2,1-2H3;;(H2,1,2,3,4)/q-1;+1;/p-1/t14-,15-,16-,18-,19-;;/m0../s1. The van der Waals surface area contributed by atoms with Crippen LogP contribution in [0.25, 0.3) is 0 Å². The van der Waals surface area contributed by atoms with Crippen LogP contribution < -0.4 is 29.6 Å². The molecule has 26 heavy (non-hydrogen) atoms. The SMILES string of the molecule is C[C@]12CC[CH-]CC1=CC[C@@H]1[C@@H]2CC[C@]2(C)C(=O)CC[C@@H]12.O=S(=O)([O-])O.[Na+]. The monoisotopic (exact) mass is 391 g/mol. The van der Waals surface area contributed by atoms with Crippen molar-refractivity contribution in [2.24, 2.45) is 28.6 Å². The minimum atomic E-state index is -4.92. The molecular formula is C19H28NaO5S-. The van der Waals surface area contributed by atoms with Crippen molar-refractivity contribution in [3.05, 3.63) is 18.1 Å². The fourth-order valence-electron chi connectivity index (χ4n) is 6.25. The van der Waals surface area contributed by atoms with E-state index in [9.17, 15) is 4.79 Å². The number of fused-ring (bicyclic) bond motifs is 5. The van der Waals surface area contributed by atoms with Crippen molar-refractivity contribution in [3.8, 4) is 0 Å². The molecule has 0 aromatic heterocycles. The van der Waals surface area contributed by atoms with Crippen molar-refractivity contribution in [2.45, 2.75) is 65.2 Å². The summed E-state index contributed by atoms with van der Waals surface area (Å²) in [5, 5.41) is 0. The molecule has 142 valence electrons. The second-order valence-corrected chi connectivity index (χ2v) is 9.49. The van der Waals surface area contributed by atoms with Gasteiger partial charge in [0, 0.05) is 11.8 Å². The Morgan fingerprint density at radius 2 is 1.81 bits per heavy atom. The number of carbonyl (C=O) groups excluding carboxylic acids is 1. The average Bonchev–Trinajstić information content (AvgIpc) is 2.81. The Morgan fingerprint density at radius 1 is 1.19 bits per heavy atom. The third kappa shape index (κ3) is 4.15. The summed E-state index contributed by atoms with van der Waals surface area (Å²) in [6.07, 6.45) is 14.6. The van der Waals surface area contributed by atoms with Gasteiger partial charge >= 0.3 is 29.6 Å². The zero-order valence-corrected chi connectivity index (χ0v) is 18.8. The quantitative estimate of drug-likeness (QED) is 0.216. The van der Waals surface area contributed by atoms with Crippen LogP contribution in [0.2, 0.25) is 0 Å². The summed E-state index contributed by atoms with van der Waals surface area (Å²) < 4.78 is 32.8. The number of carbonyl (C=O) groups is 1. The molecule has 1 N–H and O–H groups in total. The van der Waals surface area contributed by atoms with Crippen LogP contribution >= 0.6 is 0 Å². The number of Topliss-reactive ketones (excluding diaryl/α,β-unsaturated/α-hetero) is 1. The molecule has 7 heteroatoms. The van der Waals surface area contributed by atoms with E-state index < -0.39 is 10.4 Å². The van der Waals surface area contributed by atoms with Crippen LogP contribution in [0.1, 0.15) is 65.2 Å². The van der Waals surface area contributed by atoms with E-state index in [1.54, 1.807) is 5.57 Å². The van der Waals surface area contributed by atoms with Crippen LogP contribution in [0.3, 0.4) is 0 Å². The molecule has 0 aliphatic heterocycles. The molecule has 0 bridgehead atoms. The predicted molar refractivity (Wildman–Crippen MR) is 93.3 cm³/mol. The molecule has 4 rings (SSSR count). The zero-order chi connectivity index (χ0) is 18.5. The summed E-state index contributed by atoms with van der Waals surface area (Å²) in [5.74, 6) is 2.87. The summed E-state index contributed by atoms with van der Waals surface area (Å²) in [5.41, 5.74) is 2.20. The van der Waals surface area contributed by atoms with Crippen LogP contribution in [0.4, 0.5) is 0 Å². The van der Waals surface area contributed by atoms with E-state index in [0.29, 0.717) is 17.1 Å². The van der Waals surface area contributed by atoms with E-state index >= 15 is 0 Å². The van der Waals surface area contributed by atoms with Gasteiger partial charge in [0.15, 0.2) is 0 Å². The third-order valence-electron chi connectivity index (χ3n) is 7.57. The molecule has 0 aromatic rings. The molecule has 4 aliphatic rings. The van der Waals surface area contributed by atoms with Crippen molar-refractivity contribution in [1.29, 1.82) is 0 Å². The van der Waals surface area contributed by atoms with Gasteiger partial charge in [-0.15, -0.1) is 0 Å². The molecule has 0 aromatic carbocycles. The smallest absolute Gasteiger partial charge is 0.726 e. The van der Waals surface area contributed by atoms with Gasteiger partial charge in [0.05, 0.1) is 0 Å². The average molecular weight is 391 g/mol. The summed E-state index contributed by atoms with van der Waals surface area (Å²) in [4.78, 5) is 12.3. The number of ketones is 1. The first-order valence-electron chi connectivity index (χ1n) is 9.28. The van der Waals surface area contributed by atoms with Crippen LogP contribution in [0, 0.1) is 35.0 Å². The minimum absolute atomic E-state index is 0. The second kappa shape index (κ2) is 7.96. The molecule has 4 aliphatic carbocycles. The van der Waals surface area contributed by atoms with Gasteiger partial charge in [-0.2, -0.15) is 12.8 Å². The maximum atomic E-state index is 12.3. The molecule has 0 spiro atoms. The molecule has 3 saturated carbocycles. The first-order chi connectivity index (χ1) is 11.6. The van der Waals surface area contributed by atoms with E-state index in [-0.39, 0.29) is 35.0 Å². The van der Waals surface area contributed by atoms with E-state index in [1.165, 1.54) is 38.5 Å². The zero-order valence-electron chi connectivity index (χ0n) is 16.0. The predicted octanol–water partition coefficient (Wildman–Crippen LogP) is 0.731. The Labute approximate surface area is 179 Å². The van der Waals surface area contributed by atoms with E-state index in [2.05, 4.69) is 26.3 Å². The van der Waals surface area contributed by atoms with Gasteiger partial charge < -0.3 is 11.0 Å². The Kier molecular flexibility index (Phi) is 6.91. The van der Waals surface area contributed by atoms with E-state index in [4.69, 9.17) is 17.5 Å². The van der Waals surface area contributed by atoms with Crippen molar-refractivity contribution >= 4 is 16.2 Å². The van der Waals surface area contributed by atoms with Gasteiger partial charge in [-0.1, -0.05) is 31.9 Å². The van der Waals surface area contributed by atoms with Gasteiger partial charge in [-0.25, -0.2) is 8.42 Å². The molecular weight excluding hydrogens is 363 g/mol. The molecule has 0 amide bonds. The molecule has 0 unspecified atom stereocenters. The molecule has 0 radical (unpaired) electrons. The molecule has 0 saturated heterocycles. The van der Waals surface area contributed by atoms with Gasteiger partial charge in [-0.3, -0.25) is 9.35 Å². The molecule has 3 fully saturated rings. The number of hydrogen-bond donors (Lipinski definition) is 1. The largest absolute Gasteiger partial charge is 1.00 e. The Hall–Kier alpha value is 0.280. The second-order valence-electron chi connectivity index (χ2n) is 8.64. The topological polar surface area (TPSA) is 94.5 Å². The molecule has 0 heterocycles. The van der Waals surface area contributed by atoms with Gasteiger partial charge in [0.2, 0.25) is 10.4 Å². The maximum absolute atomic E-state index is 12.3. The van der Waals surface area contributed by atoms with Crippen LogP contribution in [0.5, 0.6) is 0 Å². The van der Waals surface area contributed by atoms with E-state index in [0.717, 1.165) is 24.7 Å². The van der Waals surface area contributed by atoms with Crippen molar-refractivity contribution < 1.29 is 51.9 Å². The van der Waals surface area contributed by atoms with Gasteiger partial charge in [0.1, 0.15) is 5.78 Å². The maximum Gasteiger partial charge on any atom is 1.00 e. The third-order valence-corrected chi connectivity index (χ3v) is 7.57. The summed E-state index contributed by atoms with van der Waals surface area (Å²) in [6.45, 7) is 4.81. The van der Waals surface area contributed by atoms with Crippen LogP contribution in [0.15, 0.2) is 11.6 Å².